The Morgan fingerprint density at radius 2 is 1.84 bits per heavy atom. The number of pyridine rings is 1. The Morgan fingerprint density at radius 1 is 1.06 bits per heavy atom. The van der Waals surface area contributed by atoms with Gasteiger partial charge in [0.2, 0.25) is 4.77 Å². The summed E-state index contributed by atoms with van der Waals surface area (Å²) in [6, 6.07) is 18.5. The lowest BCUT2D eigenvalue weighted by atomic mass is 9.97. The molecule has 0 aliphatic carbocycles. The van der Waals surface area contributed by atoms with Gasteiger partial charge in [0.05, 0.1) is 12.2 Å². The van der Waals surface area contributed by atoms with Crippen LogP contribution in [0.5, 0.6) is 0 Å². The Labute approximate surface area is 184 Å². The van der Waals surface area contributed by atoms with Crippen molar-refractivity contribution >= 4 is 39.9 Å². The summed E-state index contributed by atoms with van der Waals surface area (Å²) in [6.45, 7) is 4.77. The molecule has 6 rings (SSSR count). The van der Waals surface area contributed by atoms with Gasteiger partial charge in [0.25, 0.3) is 0 Å². The first-order valence-electron chi connectivity index (χ1n) is 10.7. The van der Waals surface area contributed by atoms with E-state index in [4.69, 9.17) is 26.7 Å². The van der Waals surface area contributed by atoms with Crippen molar-refractivity contribution in [1.82, 2.24) is 24.1 Å². The predicted octanol–water partition coefficient (Wildman–Crippen LogP) is 5.31. The highest BCUT2D eigenvalue weighted by Crippen LogP contribution is 2.30. The van der Waals surface area contributed by atoms with E-state index in [0.29, 0.717) is 12.6 Å². The molecule has 156 valence electrons. The normalized spacial score (nSPS) is 16.0. The monoisotopic (exact) mass is 429 g/mol. The summed E-state index contributed by atoms with van der Waals surface area (Å²) in [6.07, 6.45) is 2.05. The minimum Gasteiger partial charge on any atom is -0.440 e. The summed E-state index contributed by atoms with van der Waals surface area (Å²) < 4.78 is 10.8. The summed E-state index contributed by atoms with van der Waals surface area (Å²) in [5.74, 6) is 1.23. The molecule has 1 saturated heterocycles. The number of nitrogens with zero attached hydrogens (tertiary/aromatic N) is 5. The molecule has 0 N–H and O–H groups in total. The molecule has 6 nitrogen and oxygen atoms in total. The molecule has 1 aliphatic rings. The van der Waals surface area contributed by atoms with Crippen LogP contribution in [-0.4, -0.2) is 37.2 Å². The van der Waals surface area contributed by atoms with Crippen molar-refractivity contribution in [3.8, 4) is 0 Å². The molecule has 0 atom stereocenters. The summed E-state index contributed by atoms with van der Waals surface area (Å²) in [7, 11) is 0. The zero-order valence-corrected chi connectivity index (χ0v) is 18.2. The third-order valence-corrected chi connectivity index (χ3v) is 6.75. The van der Waals surface area contributed by atoms with Crippen LogP contribution in [0.2, 0.25) is 0 Å². The Balaban J connectivity index is 1.23. The van der Waals surface area contributed by atoms with Crippen LogP contribution in [0, 0.1) is 11.7 Å². The van der Waals surface area contributed by atoms with Crippen LogP contribution in [0.3, 0.4) is 0 Å². The molecule has 0 saturated carbocycles. The van der Waals surface area contributed by atoms with Gasteiger partial charge in [-0.2, -0.15) is 5.10 Å². The van der Waals surface area contributed by atoms with Crippen LogP contribution >= 0.6 is 12.2 Å². The van der Waals surface area contributed by atoms with Crippen molar-refractivity contribution < 1.29 is 4.42 Å². The molecule has 0 spiro atoms. The lowest BCUT2D eigenvalue weighted by Gasteiger charge is -2.30. The quantitative estimate of drug-likeness (QED) is 0.364. The van der Waals surface area contributed by atoms with Gasteiger partial charge in [-0.05, 0) is 61.8 Å². The summed E-state index contributed by atoms with van der Waals surface area (Å²) in [4.78, 5) is 7.12. The van der Waals surface area contributed by atoms with Crippen molar-refractivity contribution in [1.29, 1.82) is 0 Å². The molecule has 1 aliphatic heterocycles. The van der Waals surface area contributed by atoms with E-state index in [-0.39, 0.29) is 0 Å². The second-order valence-electron chi connectivity index (χ2n) is 8.37. The van der Waals surface area contributed by atoms with E-state index in [9.17, 15) is 0 Å². The van der Waals surface area contributed by atoms with E-state index in [0.717, 1.165) is 58.9 Å². The molecule has 7 heteroatoms. The smallest absolute Gasteiger partial charge is 0.204 e. The molecule has 31 heavy (non-hydrogen) atoms. The SMILES string of the molecule is Cc1cc2nn(CN3CCC(c4nc5ccccc5o4)CC3)c(=S)n2c2ccccc12. The lowest BCUT2D eigenvalue weighted by Crippen LogP contribution is -2.35. The molecular weight excluding hydrogens is 406 g/mol. The summed E-state index contributed by atoms with van der Waals surface area (Å²) in [5.41, 5.74) is 5.05. The second-order valence-corrected chi connectivity index (χ2v) is 8.74. The Kier molecular flexibility index (Phi) is 4.40. The average Bonchev–Trinajstić information content (AvgIpc) is 3.36. The number of aryl methyl sites for hydroxylation is 1. The lowest BCUT2D eigenvalue weighted by molar-refractivity contribution is 0.153. The maximum Gasteiger partial charge on any atom is 0.204 e. The van der Waals surface area contributed by atoms with Gasteiger partial charge in [-0.15, -0.1) is 0 Å². The molecule has 4 heterocycles. The largest absolute Gasteiger partial charge is 0.440 e. The van der Waals surface area contributed by atoms with Crippen molar-refractivity contribution in [2.45, 2.75) is 32.4 Å². The number of fused-ring (bicyclic) bond motifs is 4. The fourth-order valence-electron chi connectivity index (χ4n) is 4.69. The molecule has 0 radical (unpaired) electrons. The average molecular weight is 430 g/mol. The van der Waals surface area contributed by atoms with Crippen LogP contribution < -0.4 is 0 Å². The molecule has 2 aromatic carbocycles. The highest BCUT2D eigenvalue weighted by atomic mass is 32.1. The number of likely N-dealkylation sites (tertiary alicyclic amines) is 1. The van der Waals surface area contributed by atoms with Gasteiger partial charge >= 0.3 is 0 Å². The van der Waals surface area contributed by atoms with Crippen LogP contribution in [0.4, 0.5) is 0 Å². The van der Waals surface area contributed by atoms with Crippen LogP contribution in [-0.2, 0) is 6.67 Å². The van der Waals surface area contributed by atoms with E-state index < -0.39 is 0 Å². The molecule has 0 bridgehead atoms. The fraction of sp³-hybridized carbons (Fsp3) is 0.292. The molecule has 5 aromatic rings. The zero-order chi connectivity index (χ0) is 20.9. The molecule has 0 unspecified atom stereocenters. The Bertz CT molecular complexity index is 1440. The van der Waals surface area contributed by atoms with E-state index >= 15 is 0 Å². The highest BCUT2D eigenvalue weighted by Gasteiger charge is 2.25. The van der Waals surface area contributed by atoms with Gasteiger partial charge in [0, 0.05) is 24.4 Å². The number of hydrogen-bond donors (Lipinski definition) is 0. The Morgan fingerprint density at radius 3 is 2.68 bits per heavy atom. The third-order valence-electron chi connectivity index (χ3n) is 6.36. The van der Waals surface area contributed by atoms with Gasteiger partial charge in [0.1, 0.15) is 5.52 Å². The molecule has 0 amide bonds. The zero-order valence-electron chi connectivity index (χ0n) is 17.4. The maximum absolute atomic E-state index is 6.00. The highest BCUT2D eigenvalue weighted by molar-refractivity contribution is 7.71. The number of oxazole rings is 1. The first kappa shape index (κ1) is 18.7. The topological polar surface area (TPSA) is 51.5 Å². The van der Waals surface area contributed by atoms with Crippen LogP contribution in [0.1, 0.15) is 30.2 Å². The van der Waals surface area contributed by atoms with Crippen molar-refractivity contribution in [3.05, 3.63) is 70.8 Å². The molecular formula is C24H23N5OS. The number of aromatic nitrogens is 4. The summed E-state index contributed by atoms with van der Waals surface area (Å²) in [5, 5.41) is 6.04. The van der Waals surface area contributed by atoms with Crippen molar-refractivity contribution in [2.75, 3.05) is 13.1 Å². The van der Waals surface area contributed by atoms with Crippen molar-refractivity contribution in [2.24, 2.45) is 0 Å². The van der Waals surface area contributed by atoms with E-state index in [2.05, 4.69) is 46.6 Å². The second kappa shape index (κ2) is 7.28. The number of para-hydroxylation sites is 3. The Hall–Kier alpha value is -3.03. The predicted molar refractivity (Wildman–Crippen MR) is 124 cm³/mol. The number of benzene rings is 2. The first-order valence-corrected chi connectivity index (χ1v) is 11.1. The van der Waals surface area contributed by atoms with Gasteiger partial charge < -0.3 is 4.42 Å². The minimum absolute atomic E-state index is 0.365. The maximum atomic E-state index is 6.00. The van der Waals surface area contributed by atoms with Gasteiger partial charge in [-0.25, -0.2) is 9.67 Å². The first-order chi connectivity index (χ1) is 15.2. The third kappa shape index (κ3) is 3.16. The minimum atomic E-state index is 0.365. The van der Waals surface area contributed by atoms with E-state index in [1.165, 1.54) is 10.9 Å². The van der Waals surface area contributed by atoms with Crippen LogP contribution in [0.15, 0.2) is 59.0 Å². The number of rotatable bonds is 3. The number of piperidine rings is 1. The summed E-state index contributed by atoms with van der Waals surface area (Å²) >= 11 is 5.81. The van der Waals surface area contributed by atoms with E-state index in [1.807, 2.05) is 28.9 Å². The van der Waals surface area contributed by atoms with Gasteiger partial charge in [-0.3, -0.25) is 9.30 Å². The standard InChI is InChI=1S/C24H23N5OS/c1-16-14-22-26-28(24(31)29(22)20-8-4-2-6-18(16)20)15-27-12-10-17(11-13-27)23-25-19-7-3-5-9-21(19)30-23/h2-9,14,17H,10-13,15H2,1H3. The van der Waals surface area contributed by atoms with E-state index in [1.54, 1.807) is 0 Å². The number of hydrogen-bond acceptors (Lipinski definition) is 5. The fourth-order valence-corrected chi connectivity index (χ4v) is 4.98. The molecule has 3 aromatic heterocycles. The van der Waals surface area contributed by atoms with Gasteiger partial charge in [0.15, 0.2) is 17.1 Å². The van der Waals surface area contributed by atoms with Crippen molar-refractivity contribution in [3.63, 3.8) is 0 Å². The van der Waals surface area contributed by atoms with Crippen LogP contribution in [0.25, 0.3) is 27.6 Å². The van der Waals surface area contributed by atoms with Gasteiger partial charge in [-0.1, -0.05) is 30.3 Å². The molecule has 1 fully saturated rings.